The van der Waals surface area contributed by atoms with E-state index in [1.807, 2.05) is 41.1 Å². The second-order valence-corrected chi connectivity index (χ2v) is 8.30. The molecule has 1 aliphatic heterocycles. The van der Waals surface area contributed by atoms with Crippen LogP contribution in [0.1, 0.15) is 21.5 Å². The Labute approximate surface area is 208 Å². The first kappa shape index (κ1) is 23.1. The van der Waals surface area contributed by atoms with Crippen LogP contribution in [-0.4, -0.2) is 46.6 Å². The first-order valence-electron chi connectivity index (χ1n) is 11.5. The minimum Gasteiger partial charge on any atom is -0.493 e. The van der Waals surface area contributed by atoms with E-state index in [0.29, 0.717) is 35.9 Å². The van der Waals surface area contributed by atoms with Crippen LogP contribution in [0.5, 0.6) is 11.5 Å². The van der Waals surface area contributed by atoms with Gasteiger partial charge in [0.15, 0.2) is 18.1 Å². The van der Waals surface area contributed by atoms with E-state index in [9.17, 15) is 9.59 Å². The average molecular weight is 484 g/mol. The quantitative estimate of drug-likeness (QED) is 0.452. The highest BCUT2D eigenvalue weighted by molar-refractivity contribution is 5.95. The van der Waals surface area contributed by atoms with Gasteiger partial charge < -0.3 is 20.1 Å². The molecule has 36 heavy (non-hydrogen) atoms. The second kappa shape index (κ2) is 10.3. The highest BCUT2D eigenvalue weighted by Gasteiger charge is 2.17. The number of hydrogen-bond acceptors (Lipinski definition) is 6. The summed E-state index contributed by atoms with van der Waals surface area (Å²) in [6.45, 7) is 0.559. The number of imidazole rings is 1. The van der Waals surface area contributed by atoms with E-state index in [2.05, 4.69) is 20.6 Å². The predicted molar refractivity (Wildman–Crippen MR) is 133 cm³/mol. The van der Waals surface area contributed by atoms with Gasteiger partial charge in [-0.2, -0.15) is 0 Å². The highest BCUT2D eigenvalue weighted by atomic mass is 16.5. The van der Waals surface area contributed by atoms with E-state index >= 15 is 0 Å². The number of amides is 2. The van der Waals surface area contributed by atoms with Crippen molar-refractivity contribution in [3.63, 3.8) is 0 Å². The zero-order valence-electron chi connectivity index (χ0n) is 19.7. The summed E-state index contributed by atoms with van der Waals surface area (Å²) >= 11 is 0. The van der Waals surface area contributed by atoms with E-state index in [1.54, 1.807) is 43.9 Å². The fourth-order valence-corrected chi connectivity index (χ4v) is 4.07. The summed E-state index contributed by atoms with van der Waals surface area (Å²) in [7, 11) is 1.55. The lowest BCUT2D eigenvalue weighted by Gasteiger charge is -2.14. The minimum atomic E-state index is -0.284. The van der Waals surface area contributed by atoms with Crippen LogP contribution < -0.4 is 20.1 Å². The molecule has 0 saturated heterocycles. The molecule has 2 amide bonds. The molecule has 0 atom stereocenters. The SMILES string of the molecule is COc1ccc2cc1OCC(=O)NCc1cc(C(=O)NCCc3ccncc3)cc(c1)-n1ccnc1-2. The van der Waals surface area contributed by atoms with Gasteiger partial charge in [-0.15, -0.1) is 0 Å². The Balaban J connectivity index is 1.49. The second-order valence-electron chi connectivity index (χ2n) is 8.30. The van der Waals surface area contributed by atoms with Gasteiger partial charge in [0.1, 0.15) is 5.82 Å². The molecule has 0 aliphatic carbocycles. The molecule has 182 valence electrons. The number of nitrogens with one attached hydrogen (secondary N) is 2. The molecule has 9 nitrogen and oxygen atoms in total. The van der Waals surface area contributed by atoms with Gasteiger partial charge in [-0.3, -0.25) is 19.1 Å². The van der Waals surface area contributed by atoms with Crippen molar-refractivity contribution in [2.75, 3.05) is 20.3 Å². The molecule has 4 aromatic rings. The van der Waals surface area contributed by atoms with Crippen LogP contribution in [0.15, 0.2) is 73.3 Å². The Morgan fingerprint density at radius 2 is 2.00 bits per heavy atom. The number of benzene rings is 2. The van der Waals surface area contributed by atoms with Crippen LogP contribution in [0.3, 0.4) is 0 Å². The number of hydrogen-bond donors (Lipinski definition) is 2. The third-order valence-electron chi connectivity index (χ3n) is 5.88. The lowest BCUT2D eigenvalue weighted by Crippen LogP contribution is -2.29. The van der Waals surface area contributed by atoms with Crippen LogP contribution in [0.2, 0.25) is 0 Å². The lowest BCUT2D eigenvalue weighted by molar-refractivity contribution is -0.123. The van der Waals surface area contributed by atoms with Gasteiger partial charge in [0.2, 0.25) is 0 Å². The molecule has 1 aliphatic rings. The Morgan fingerprint density at radius 3 is 2.83 bits per heavy atom. The fraction of sp³-hybridized carbons (Fsp3) is 0.185. The topological polar surface area (TPSA) is 107 Å². The summed E-state index contributed by atoms with van der Waals surface area (Å²) < 4.78 is 13.0. The van der Waals surface area contributed by atoms with Crippen molar-refractivity contribution in [3.8, 4) is 28.6 Å². The highest BCUT2D eigenvalue weighted by Crippen LogP contribution is 2.33. The Morgan fingerprint density at radius 1 is 1.14 bits per heavy atom. The number of pyridine rings is 1. The summed E-state index contributed by atoms with van der Waals surface area (Å²) in [4.78, 5) is 34.1. The van der Waals surface area contributed by atoms with Gasteiger partial charge in [0.25, 0.3) is 11.8 Å². The molecule has 0 spiro atoms. The van der Waals surface area contributed by atoms with E-state index < -0.39 is 0 Å². The molecule has 9 heteroatoms. The maximum Gasteiger partial charge on any atom is 0.258 e. The van der Waals surface area contributed by atoms with Crippen molar-refractivity contribution in [1.82, 2.24) is 25.2 Å². The van der Waals surface area contributed by atoms with Gasteiger partial charge >= 0.3 is 0 Å². The molecule has 2 N–H and O–H groups in total. The lowest BCUT2D eigenvalue weighted by atomic mass is 10.1. The summed E-state index contributed by atoms with van der Waals surface area (Å²) in [6, 6.07) is 14.8. The Bertz CT molecular complexity index is 1400. The van der Waals surface area contributed by atoms with Gasteiger partial charge in [-0.1, -0.05) is 0 Å². The number of nitrogens with zero attached hydrogens (tertiary/aromatic N) is 3. The first-order chi connectivity index (χ1) is 17.6. The predicted octanol–water partition coefficient (Wildman–Crippen LogP) is 2.92. The number of methoxy groups -OCH3 is 1. The van der Waals surface area contributed by atoms with E-state index in [1.165, 1.54) is 0 Å². The van der Waals surface area contributed by atoms with Crippen LogP contribution in [-0.2, 0) is 17.8 Å². The third-order valence-corrected chi connectivity index (χ3v) is 5.88. The van der Waals surface area contributed by atoms with E-state index in [-0.39, 0.29) is 25.0 Å². The van der Waals surface area contributed by atoms with Crippen LogP contribution in [0.4, 0.5) is 0 Å². The van der Waals surface area contributed by atoms with Crippen LogP contribution >= 0.6 is 0 Å². The number of ether oxygens (including phenoxy) is 2. The molecule has 2 aromatic heterocycles. The maximum absolute atomic E-state index is 13.1. The third kappa shape index (κ3) is 5.05. The van der Waals surface area contributed by atoms with Crippen molar-refractivity contribution in [2.24, 2.45) is 0 Å². The first-order valence-corrected chi connectivity index (χ1v) is 11.5. The molecule has 2 aromatic carbocycles. The van der Waals surface area contributed by atoms with Gasteiger partial charge in [0.05, 0.1) is 7.11 Å². The monoisotopic (exact) mass is 483 g/mol. The smallest absolute Gasteiger partial charge is 0.258 e. The number of rotatable bonds is 5. The molecule has 0 saturated carbocycles. The molecule has 0 fully saturated rings. The number of carbonyl (C=O) groups excluding carboxylic acids is 2. The molecular weight excluding hydrogens is 458 g/mol. The molecule has 0 unspecified atom stereocenters. The van der Waals surface area contributed by atoms with Gasteiger partial charge in [-0.05, 0) is 66.1 Å². The minimum absolute atomic E-state index is 0.170. The molecule has 3 heterocycles. The summed E-state index contributed by atoms with van der Waals surface area (Å²) in [6.07, 6.45) is 7.70. The van der Waals surface area contributed by atoms with Crippen LogP contribution in [0.25, 0.3) is 17.1 Å². The van der Waals surface area contributed by atoms with Gasteiger partial charge in [-0.25, -0.2) is 4.98 Å². The van der Waals surface area contributed by atoms with Crippen molar-refractivity contribution >= 4 is 11.8 Å². The van der Waals surface area contributed by atoms with Crippen molar-refractivity contribution in [1.29, 1.82) is 0 Å². The number of carbonyl (C=O) groups is 2. The summed E-state index contributed by atoms with van der Waals surface area (Å²) in [5.74, 6) is 1.15. The Hall–Kier alpha value is -4.66. The Kier molecular flexibility index (Phi) is 6.61. The number of fused-ring (bicyclic) bond motifs is 7. The zero-order chi connectivity index (χ0) is 24.9. The van der Waals surface area contributed by atoms with Crippen molar-refractivity contribution < 1.29 is 19.1 Å². The van der Waals surface area contributed by atoms with E-state index in [0.717, 1.165) is 22.4 Å². The molecular formula is C27H25N5O4. The molecule has 5 rings (SSSR count). The average Bonchev–Trinajstić information content (AvgIpc) is 3.41. The largest absolute Gasteiger partial charge is 0.493 e. The van der Waals surface area contributed by atoms with Crippen molar-refractivity contribution in [2.45, 2.75) is 13.0 Å². The standard InChI is InChI=1S/C27H25N5O4/c1-35-23-3-2-20-15-24(23)36-17-25(33)31-16-19-12-21(14-22(13-19)32-11-10-29-26(20)32)27(34)30-9-6-18-4-7-28-8-5-18/h2-5,7-8,10-15H,6,9,16-17H2,1H3,(H,30,34)(H,31,33). The number of aromatic nitrogens is 3. The molecule has 0 radical (unpaired) electrons. The van der Waals surface area contributed by atoms with Gasteiger partial charge in [0, 0.05) is 54.7 Å². The van der Waals surface area contributed by atoms with Crippen molar-refractivity contribution in [3.05, 3.63) is 90.0 Å². The zero-order valence-corrected chi connectivity index (χ0v) is 19.7. The normalized spacial score (nSPS) is 12.6. The fourth-order valence-electron chi connectivity index (χ4n) is 4.07. The maximum atomic E-state index is 13.1. The molecule has 4 bridgehead atoms. The van der Waals surface area contributed by atoms with E-state index in [4.69, 9.17) is 9.47 Å². The van der Waals surface area contributed by atoms with Crippen LogP contribution in [0, 0.1) is 0 Å². The summed E-state index contributed by atoms with van der Waals surface area (Å²) in [5.41, 5.74) is 3.91. The summed E-state index contributed by atoms with van der Waals surface area (Å²) in [5, 5.41) is 5.84.